The number of rotatable bonds is 4. The van der Waals surface area contributed by atoms with E-state index in [0.29, 0.717) is 12.8 Å². The van der Waals surface area contributed by atoms with E-state index in [9.17, 15) is 9.59 Å². The molecule has 0 aliphatic heterocycles. The molecule has 0 bridgehead atoms. The molecule has 0 rings (SSSR count). The fourth-order valence-electron chi connectivity index (χ4n) is 0.912. The maximum atomic E-state index is 10.9. The molecule has 0 unspecified atom stereocenters. The number of nitrogens with one attached hydrogen (secondary N) is 2. The molecule has 0 aromatic carbocycles. The lowest BCUT2D eigenvalue weighted by atomic mass is 9.95. The highest BCUT2D eigenvalue weighted by Gasteiger charge is 2.26. The van der Waals surface area contributed by atoms with Crippen molar-refractivity contribution in [3.63, 3.8) is 0 Å². The first-order valence-corrected chi connectivity index (χ1v) is 6.10. The summed E-state index contributed by atoms with van der Waals surface area (Å²) in [4.78, 5) is 21.6. The Morgan fingerprint density at radius 3 is 1.69 bits per heavy atom. The molecule has 0 saturated carbocycles. The molecule has 0 atom stereocenters. The Hall–Kier alpha value is -1.06. The summed E-state index contributed by atoms with van der Waals surface area (Å²) in [5.41, 5.74) is -0.694. The summed E-state index contributed by atoms with van der Waals surface area (Å²) in [6, 6.07) is -0.314. The summed E-state index contributed by atoms with van der Waals surface area (Å²) in [5.74, 6) is 0. The minimum Gasteiger partial charge on any atom is -0.341 e. The number of carbonyl (C=O) groups is 2. The number of amides is 2. The van der Waals surface area contributed by atoms with Crippen molar-refractivity contribution in [2.75, 3.05) is 7.05 Å². The second kappa shape index (κ2) is 13.9. The highest BCUT2D eigenvalue weighted by molar-refractivity contribution is 5.80. The first-order valence-electron chi connectivity index (χ1n) is 6.10. The fraction of sp³-hybridized carbons (Fsp3) is 0.833. The largest absolute Gasteiger partial charge is 0.341 e. The molecule has 4 heteroatoms. The second-order valence-electron chi connectivity index (χ2n) is 2.69. The van der Waals surface area contributed by atoms with E-state index in [1.165, 1.54) is 7.05 Å². The molecule has 0 heterocycles. The second-order valence-corrected chi connectivity index (χ2v) is 2.69. The molecule has 0 aliphatic rings. The maximum absolute atomic E-state index is 10.9. The van der Waals surface area contributed by atoms with Crippen molar-refractivity contribution in [1.82, 2.24) is 10.6 Å². The molecular formula is C12H28N2O2. The SMILES string of the molecule is CC.CC.CCC(C=O)(CC)NC(=O)NC. The zero-order chi connectivity index (χ0) is 13.6. The van der Waals surface area contributed by atoms with Crippen LogP contribution in [0.4, 0.5) is 4.79 Å². The van der Waals surface area contributed by atoms with Crippen LogP contribution in [0.5, 0.6) is 0 Å². The van der Waals surface area contributed by atoms with Crippen molar-refractivity contribution < 1.29 is 9.59 Å². The van der Waals surface area contributed by atoms with E-state index < -0.39 is 5.54 Å². The third kappa shape index (κ3) is 8.26. The summed E-state index contributed by atoms with van der Waals surface area (Å²) in [6.07, 6.45) is 2.02. The van der Waals surface area contributed by atoms with Crippen LogP contribution in [0.2, 0.25) is 0 Å². The van der Waals surface area contributed by atoms with Crippen molar-refractivity contribution in [3.05, 3.63) is 0 Å². The molecule has 4 nitrogen and oxygen atoms in total. The number of aldehydes is 1. The Labute approximate surface area is 100 Å². The van der Waals surface area contributed by atoms with Gasteiger partial charge in [-0.05, 0) is 12.8 Å². The summed E-state index contributed by atoms with van der Waals surface area (Å²) in [6.45, 7) is 11.7. The minimum atomic E-state index is -0.694. The van der Waals surface area contributed by atoms with Gasteiger partial charge in [-0.3, -0.25) is 0 Å². The van der Waals surface area contributed by atoms with Crippen LogP contribution in [0.1, 0.15) is 54.4 Å². The van der Waals surface area contributed by atoms with Crippen LogP contribution in [-0.4, -0.2) is 24.9 Å². The van der Waals surface area contributed by atoms with Crippen molar-refractivity contribution in [2.45, 2.75) is 59.9 Å². The average Bonchev–Trinajstić information content (AvgIpc) is 2.40. The van der Waals surface area contributed by atoms with Gasteiger partial charge in [0.25, 0.3) is 0 Å². The number of hydrogen-bond donors (Lipinski definition) is 2. The quantitative estimate of drug-likeness (QED) is 0.732. The molecule has 0 saturated heterocycles. The van der Waals surface area contributed by atoms with E-state index in [-0.39, 0.29) is 6.03 Å². The zero-order valence-corrected chi connectivity index (χ0v) is 11.8. The van der Waals surface area contributed by atoms with Crippen LogP contribution in [0.25, 0.3) is 0 Å². The molecule has 0 aliphatic carbocycles. The summed E-state index contributed by atoms with van der Waals surface area (Å²) < 4.78 is 0. The Bertz CT molecular complexity index is 166. The summed E-state index contributed by atoms with van der Waals surface area (Å²) >= 11 is 0. The van der Waals surface area contributed by atoms with Crippen LogP contribution < -0.4 is 10.6 Å². The predicted molar refractivity (Wildman–Crippen MR) is 69.7 cm³/mol. The van der Waals surface area contributed by atoms with E-state index in [1.807, 2.05) is 41.5 Å². The van der Waals surface area contributed by atoms with Gasteiger partial charge in [0.15, 0.2) is 0 Å². The Morgan fingerprint density at radius 1 is 1.12 bits per heavy atom. The summed E-state index contributed by atoms with van der Waals surface area (Å²) in [7, 11) is 1.52. The summed E-state index contributed by atoms with van der Waals surface area (Å²) in [5, 5.41) is 5.03. The van der Waals surface area contributed by atoms with Gasteiger partial charge in [0.1, 0.15) is 6.29 Å². The average molecular weight is 232 g/mol. The molecule has 2 amide bonds. The lowest BCUT2D eigenvalue weighted by Crippen LogP contribution is -2.51. The molecule has 0 fully saturated rings. The van der Waals surface area contributed by atoms with Crippen LogP contribution >= 0.6 is 0 Å². The monoisotopic (exact) mass is 232 g/mol. The van der Waals surface area contributed by atoms with E-state index in [0.717, 1.165) is 6.29 Å². The lowest BCUT2D eigenvalue weighted by molar-refractivity contribution is -0.113. The fourth-order valence-corrected chi connectivity index (χ4v) is 0.912. The van der Waals surface area contributed by atoms with Gasteiger partial charge in [0.05, 0.1) is 5.54 Å². The molecule has 98 valence electrons. The van der Waals surface area contributed by atoms with Crippen LogP contribution in [-0.2, 0) is 4.79 Å². The molecular weight excluding hydrogens is 204 g/mol. The maximum Gasteiger partial charge on any atom is 0.315 e. The van der Waals surface area contributed by atoms with Gasteiger partial charge < -0.3 is 15.4 Å². The van der Waals surface area contributed by atoms with Crippen molar-refractivity contribution >= 4 is 12.3 Å². The van der Waals surface area contributed by atoms with Gasteiger partial charge in [0, 0.05) is 7.05 Å². The van der Waals surface area contributed by atoms with Crippen molar-refractivity contribution in [3.8, 4) is 0 Å². The van der Waals surface area contributed by atoms with Crippen molar-refractivity contribution in [2.24, 2.45) is 0 Å². The Morgan fingerprint density at radius 2 is 1.50 bits per heavy atom. The number of carbonyl (C=O) groups excluding carboxylic acids is 2. The van der Waals surface area contributed by atoms with Gasteiger partial charge in [-0.2, -0.15) is 0 Å². The molecule has 0 aromatic heterocycles. The Balaban J connectivity index is -0.000000376. The van der Waals surface area contributed by atoms with Gasteiger partial charge in [-0.25, -0.2) is 4.79 Å². The van der Waals surface area contributed by atoms with Gasteiger partial charge in [-0.15, -0.1) is 0 Å². The number of hydrogen-bond acceptors (Lipinski definition) is 2. The molecule has 16 heavy (non-hydrogen) atoms. The Kier molecular flexibility index (Phi) is 17.7. The molecule has 0 radical (unpaired) electrons. The van der Waals surface area contributed by atoms with E-state index in [2.05, 4.69) is 10.6 Å². The third-order valence-electron chi connectivity index (χ3n) is 2.08. The predicted octanol–water partition coefficient (Wildman–Crippen LogP) is 2.73. The van der Waals surface area contributed by atoms with Gasteiger partial charge >= 0.3 is 6.03 Å². The lowest BCUT2D eigenvalue weighted by Gasteiger charge is -2.25. The number of urea groups is 1. The zero-order valence-electron chi connectivity index (χ0n) is 11.8. The standard InChI is InChI=1S/C8H16N2O2.2C2H6/c1-4-8(5-2,6-11)10-7(12)9-3;2*1-2/h6H,4-5H2,1-3H3,(H2,9,10,12);2*1-2H3. The van der Waals surface area contributed by atoms with Crippen molar-refractivity contribution in [1.29, 1.82) is 0 Å². The molecule has 0 aromatic rings. The van der Waals surface area contributed by atoms with E-state index in [4.69, 9.17) is 0 Å². The highest BCUT2D eigenvalue weighted by atomic mass is 16.2. The third-order valence-corrected chi connectivity index (χ3v) is 2.08. The van der Waals surface area contributed by atoms with E-state index >= 15 is 0 Å². The topological polar surface area (TPSA) is 58.2 Å². The van der Waals surface area contributed by atoms with Gasteiger partial charge in [-0.1, -0.05) is 41.5 Å². The first kappa shape index (κ1) is 20.4. The molecule has 2 N–H and O–H groups in total. The first-order chi connectivity index (χ1) is 7.64. The van der Waals surface area contributed by atoms with Gasteiger partial charge in [0.2, 0.25) is 0 Å². The highest BCUT2D eigenvalue weighted by Crippen LogP contribution is 2.10. The smallest absolute Gasteiger partial charge is 0.315 e. The van der Waals surface area contributed by atoms with E-state index in [1.54, 1.807) is 0 Å². The minimum absolute atomic E-state index is 0.314. The van der Waals surface area contributed by atoms with Crippen LogP contribution in [0.3, 0.4) is 0 Å². The van der Waals surface area contributed by atoms with Crippen LogP contribution in [0, 0.1) is 0 Å². The molecule has 0 spiro atoms. The normalized spacial score (nSPS) is 8.69. The van der Waals surface area contributed by atoms with Crippen LogP contribution in [0.15, 0.2) is 0 Å².